The second kappa shape index (κ2) is 5.81. The molecule has 84 valence electrons. The first-order valence-electron chi connectivity index (χ1n) is 5.21. The summed E-state index contributed by atoms with van der Waals surface area (Å²) in [6.07, 6.45) is 2.98. The molecule has 0 fully saturated rings. The van der Waals surface area contributed by atoms with E-state index in [1.54, 1.807) is 13.0 Å². The van der Waals surface area contributed by atoms with Gasteiger partial charge in [-0.25, -0.2) is 8.78 Å². The summed E-state index contributed by atoms with van der Waals surface area (Å²) in [5.41, 5.74) is 0.805. The number of aliphatic hydroxyl groups excluding tert-OH is 1. The van der Waals surface area contributed by atoms with Crippen molar-refractivity contribution in [2.24, 2.45) is 0 Å². The Morgan fingerprint density at radius 2 is 1.93 bits per heavy atom. The predicted octanol–water partition coefficient (Wildman–Crippen LogP) is 3.06. The SMILES string of the molecule is CC(O)CCCCc1ccc(F)c(F)c1. The number of halogens is 2. The minimum Gasteiger partial charge on any atom is -0.393 e. The maximum absolute atomic E-state index is 12.8. The van der Waals surface area contributed by atoms with E-state index < -0.39 is 11.6 Å². The van der Waals surface area contributed by atoms with Gasteiger partial charge in [-0.15, -0.1) is 0 Å². The number of hydrogen-bond acceptors (Lipinski definition) is 1. The second-order valence-electron chi connectivity index (χ2n) is 3.84. The third kappa shape index (κ3) is 4.38. The third-order valence-electron chi connectivity index (χ3n) is 2.32. The van der Waals surface area contributed by atoms with Crippen LogP contribution in [-0.4, -0.2) is 11.2 Å². The van der Waals surface area contributed by atoms with Crippen molar-refractivity contribution < 1.29 is 13.9 Å². The van der Waals surface area contributed by atoms with E-state index in [2.05, 4.69) is 0 Å². The fraction of sp³-hybridized carbons (Fsp3) is 0.500. The molecule has 0 amide bonds. The summed E-state index contributed by atoms with van der Waals surface area (Å²) < 4.78 is 25.4. The molecule has 0 aromatic heterocycles. The fourth-order valence-electron chi connectivity index (χ4n) is 1.46. The van der Waals surface area contributed by atoms with Crippen LogP contribution in [0.2, 0.25) is 0 Å². The Labute approximate surface area is 88.7 Å². The highest BCUT2D eigenvalue weighted by Crippen LogP contribution is 2.12. The molecule has 1 aromatic rings. The Bertz CT molecular complexity index is 310. The molecule has 0 saturated carbocycles. The molecular formula is C12H16F2O. The van der Waals surface area contributed by atoms with Crippen LogP contribution >= 0.6 is 0 Å². The van der Waals surface area contributed by atoms with Gasteiger partial charge in [0.2, 0.25) is 0 Å². The summed E-state index contributed by atoms with van der Waals surface area (Å²) in [4.78, 5) is 0. The van der Waals surface area contributed by atoms with Crippen LogP contribution in [0.5, 0.6) is 0 Å². The molecule has 15 heavy (non-hydrogen) atoms. The normalized spacial score (nSPS) is 12.8. The highest BCUT2D eigenvalue weighted by Gasteiger charge is 2.02. The lowest BCUT2D eigenvalue weighted by Crippen LogP contribution is -1.99. The molecule has 1 rings (SSSR count). The number of hydrogen-bond donors (Lipinski definition) is 1. The predicted molar refractivity (Wildman–Crippen MR) is 55.6 cm³/mol. The molecule has 0 radical (unpaired) electrons. The van der Waals surface area contributed by atoms with Crippen molar-refractivity contribution in [1.29, 1.82) is 0 Å². The van der Waals surface area contributed by atoms with Gasteiger partial charge >= 0.3 is 0 Å². The average molecular weight is 214 g/mol. The maximum atomic E-state index is 12.8. The van der Waals surface area contributed by atoms with E-state index in [4.69, 9.17) is 5.11 Å². The zero-order valence-corrected chi connectivity index (χ0v) is 8.84. The molecule has 0 saturated heterocycles. The Hall–Kier alpha value is -0.960. The molecular weight excluding hydrogens is 198 g/mol. The van der Waals surface area contributed by atoms with E-state index in [-0.39, 0.29) is 6.10 Å². The first-order chi connectivity index (χ1) is 7.09. The van der Waals surface area contributed by atoms with Crippen LogP contribution in [0.1, 0.15) is 31.7 Å². The quantitative estimate of drug-likeness (QED) is 0.747. The Morgan fingerprint density at radius 1 is 1.20 bits per heavy atom. The summed E-state index contributed by atoms with van der Waals surface area (Å²) in [5.74, 6) is -1.59. The van der Waals surface area contributed by atoms with Gasteiger partial charge in [-0.2, -0.15) is 0 Å². The van der Waals surface area contributed by atoms with Crippen molar-refractivity contribution in [3.05, 3.63) is 35.4 Å². The average Bonchev–Trinajstić information content (AvgIpc) is 2.18. The van der Waals surface area contributed by atoms with E-state index in [1.165, 1.54) is 6.07 Å². The van der Waals surface area contributed by atoms with Crippen LogP contribution in [-0.2, 0) is 6.42 Å². The summed E-state index contributed by atoms with van der Waals surface area (Å²) in [5, 5.41) is 9.02. The number of benzene rings is 1. The van der Waals surface area contributed by atoms with Gasteiger partial charge in [0.15, 0.2) is 11.6 Å². The monoisotopic (exact) mass is 214 g/mol. The van der Waals surface area contributed by atoms with E-state index in [9.17, 15) is 8.78 Å². The first-order valence-corrected chi connectivity index (χ1v) is 5.21. The molecule has 0 bridgehead atoms. The van der Waals surface area contributed by atoms with Crippen molar-refractivity contribution in [2.45, 2.75) is 38.7 Å². The van der Waals surface area contributed by atoms with Gasteiger partial charge in [0.25, 0.3) is 0 Å². The molecule has 0 heterocycles. The van der Waals surface area contributed by atoms with Crippen LogP contribution in [0.15, 0.2) is 18.2 Å². The summed E-state index contributed by atoms with van der Waals surface area (Å²) >= 11 is 0. The molecule has 0 aliphatic heterocycles. The molecule has 1 unspecified atom stereocenters. The lowest BCUT2D eigenvalue weighted by Gasteiger charge is -2.04. The lowest BCUT2D eigenvalue weighted by molar-refractivity contribution is 0.180. The van der Waals surface area contributed by atoms with Crippen molar-refractivity contribution in [3.63, 3.8) is 0 Å². The largest absolute Gasteiger partial charge is 0.393 e. The number of unbranched alkanes of at least 4 members (excludes halogenated alkanes) is 1. The third-order valence-corrected chi connectivity index (χ3v) is 2.32. The smallest absolute Gasteiger partial charge is 0.159 e. The minimum atomic E-state index is -0.803. The summed E-state index contributed by atoms with van der Waals surface area (Å²) in [7, 11) is 0. The standard InChI is InChI=1S/C12H16F2O/c1-9(15)4-2-3-5-10-6-7-11(13)12(14)8-10/h6-9,15H,2-5H2,1H3. The van der Waals surface area contributed by atoms with Crippen molar-refractivity contribution in [3.8, 4) is 0 Å². The van der Waals surface area contributed by atoms with Crippen LogP contribution < -0.4 is 0 Å². The van der Waals surface area contributed by atoms with E-state index in [0.29, 0.717) is 0 Å². The molecule has 1 aromatic carbocycles. The van der Waals surface area contributed by atoms with Crippen molar-refractivity contribution in [1.82, 2.24) is 0 Å². The number of aliphatic hydroxyl groups is 1. The number of rotatable bonds is 5. The van der Waals surface area contributed by atoms with Crippen LogP contribution in [0.3, 0.4) is 0 Å². The highest BCUT2D eigenvalue weighted by atomic mass is 19.2. The van der Waals surface area contributed by atoms with E-state index >= 15 is 0 Å². The zero-order valence-electron chi connectivity index (χ0n) is 8.84. The first kappa shape index (κ1) is 12.1. The van der Waals surface area contributed by atoms with Crippen LogP contribution in [0.4, 0.5) is 8.78 Å². The lowest BCUT2D eigenvalue weighted by atomic mass is 10.1. The second-order valence-corrected chi connectivity index (χ2v) is 3.84. The van der Waals surface area contributed by atoms with E-state index in [1.807, 2.05) is 0 Å². The van der Waals surface area contributed by atoms with Gasteiger partial charge in [-0.3, -0.25) is 0 Å². The van der Waals surface area contributed by atoms with Gasteiger partial charge in [0, 0.05) is 0 Å². The van der Waals surface area contributed by atoms with E-state index in [0.717, 1.165) is 37.3 Å². The fourth-order valence-corrected chi connectivity index (χ4v) is 1.46. The Balaban J connectivity index is 2.35. The van der Waals surface area contributed by atoms with Gasteiger partial charge in [-0.05, 0) is 43.9 Å². The molecule has 0 aliphatic carbocycles. The Morgan fingerprint density at radius 3 is 2.53 bits per heavy atom. The minimum absolute atomic E-state index is 0.282. The molecule has 1 N–H and O–H groups in total. The van der Waals surface area contributed by atoms with Crippen LogP contribution in [0, 0.1) is 11.6 Å². The highest BCUT2D eigenvalue weighted by molar-refractivity contribution is 5.17. The van der Waals surface area contributed by atoms with Crippen molar-refractivity contribution >= 4 is 0 Å². The van der Waals surface area contributed by atoms with Crippen LogP contribution in [0.25, 0.3) is 0 Å². The molecule has 3 heteroatoms. The maximum Gasteiger partial charge on any atom is 0.159 e. The van der Waals surface area contributed by atoms with Gasteiger partial charge in [0.05, 0.1) is 6.10 Å². The zero-order chi connectivity index (χ0) is 11.3. The van der Waals surface area contributed by atoms with Crippen molar-refractivity contribution in [2.75, 3.05) is 0 Å². The molecule has 1 nitrogen and oxygen atoms in total. The number of aryl methyl sites for hydroxylation is 1. The van der Waals surface area contributed by atoms with Gasteiger partial charge in [0.1, 0.15) is 0 Å². The Kier molecular flexibility index (Phi) is 4.69. The summed E-state index contributed by atoms with van der Waals surface area (Å²) in [6, 6.07) is 3.98. The van der Waals surface area contributed by atoms with Gasteiger partial charge < -0.3 is 5.11 Å². The van der Waals surface area contributed by atoms with Gasteiger partial charge in [-0.1, -0.05) is 12.5 Å². The summed E-state index contributed by atoms with van der Waals surface area (Å²) in [6.45, 7) is 1.75. The topological polar surface area (TPSA) is 20.2 Å². The molecule has 0 aliphatic rings. The molecule has 1 atom stereocenters. The molecule has 0 spiro atoms.